The van der Waals surface area contributed by atoms with Gasteiger partial charge in [0.15, 0.2) is 0 Å². The molecule has 0 saturated heterocycles. The maximum absolute atomic E-state index is 10.6. The van der Waals surface area contributed by atoms with Gasteiger partial charge in [0.1, 0.15) is 6.10 Å². The van der Waals surface area contributed by atoms with Gasteiger partial charge in [0.2, 0.25) is 0 Å². The second-order valence-electron chi connectivity index (χ2n) is 1.88. The Morgan fingerprint density at radius 2 is 2.60 bits per heavy atom. The zero-order valence-corrected chi connectivity index (χ0v) is 5.70. The predicted octanol–water partition coefficient (Wildman–Crippen LogP) is 1.13. The fourth-order valence-electron chi connectivity index (χ4n) is 0.679. The van der Waals surface area contributed by atoms with Crippen molar-refractivity contribution in [3.05, 3.63) is 30.7 Å². The minimum absolute atomic E-state index is 0.289. The number of hydrogen-bond donors (Lipinski definition) is 0. The lowest BCUT2D eigenvalue weighted by Gasteiger charge is -2.12. The summed E-state index contributed by atoms with van der Waals surface area (Å²) in [6.07, 6.45) is 9.07. The summed E-state index contributed by atoms with van der Waals surface area (Å²) < 4.78 is 4.80. The van der Waals surface area contributed by atoms with Gasteiger partial charge in [-0.25, -0.2) is 4.79 Å². The van der Waals surface area contributed by atoms with Crippen LogP contribution in [0.25, 0.3) is 0 Å². The Balaban J connectivity index is 2.52. The van der Waals surface area contributed by atoms with Gasteiger partial charge in [-0.15, -0.1) is 0 Å². The van der Waals surface area contributed by atoms with Crippen LogP contribution in [0.3, 0.4) is 0 Å². The number of cyclic esters (lactones) is 1. The molecule has 2 radical (unpaired) electrons. The molecule has 0 aliphatic carbocycles. The molecule has 52 valence electrons. The Hall–Kier alpha value is -1.05. The second kappa shape index (κ2) is 3.20. The summed E-state index contributed by atoms with van der Waals surface area (Å²) in [4.78, 5) is 10.6. The van der Waals surface area contributed by atoms with Gasteiger partial charge in [-0.05, 0) is 13.0 Å². The van der Waals surface area contributed by atoms with Gasteiger partial charge in [-0.2, -0.15) is 0 Å². The third kappa shape index (κ3) is 1.72. The van der Waals surface area contributed by atoms with Gasteiger partial charge in [-0.1, -0.05) is 12.2 Å². The van der Waals surface area contributed by atoms with Crippen molar-refractivity contribution in [1.29, 1.82) is 0 Å². The molecule has 0 unspecified atom stereocenters. The summed E-state index contributed by atoms with van der Waals surface area (Å²) in [5.41, 5.74) is 0. The number of carbonyl (C=O) groups excluding carboxylic acids is 1. The van der Waals surface area contributed by atoms with Crippen LogP contribution in [-0.2, 0) is 9.53 Å². The topological polar surface area (TPSA) is 26.3 Å². The minimum Gasteiger partial charge on any atom is -0.454 e. The van der Waals surface area contributed by atoms with Crippen molar-refractivity contribution >= 4 is 5.97 Å². The lowest BCUT2D eigenvalue weighted by atomic mass is 10.2. The van der Waals surface area contributed by atoms with Crippen LogP contribution in [0.4, 0.5) is 0 Å². The van der Waals surface area contributed by atoms with Gasteiger partial charge in [-0.3, -0.25) is 0 Å². The average molecular weight is 136 g/mol. The predicted molar refractivity (Wildman–Crippen MR) is 37.1 cm³/mol. The van der Waals surface area contributed by atoms with Gasteiger partial charge in [0.05, 0.1) is 6.42 Å². The van der Waals surface area contributed by atoms with E-state index in [1.807, 2.05) is 13.0 Å². The molecule has 1 aliphatic rings. The third-order valence-electron chi connectivity index (χ3n) is 1.09. The van der Waals surface area contributed by atoms with Gasteiger partial charge >= 0.3 is 5.97 Å². The Morgan fingerprint density at radius 3 is 3.20 bits per heavy atom. The van der Waals surface area contributed by atoms with Gasteiger partial charge in [0, 0.05) is 6.08 Å². The maximum Gasteiger partial charge on any atom is 0.331 e. The van der Waals surface area contributed by atoms with Crippen LogP contribution in [0, 0.1) is 6.42 Å². The smallest absolute Gasteiger partial charge is 0.331 e. The molecule has 0 N–H and O–H groups in total. The van der Waals surface area contributed by atoms with E-state index in [4.69, 9.17) is 4.74 Å². The molecule has 1 rings (SSSR count). The van der Waals surface area contributed by atoms with Crippen LogP contribution in [0.15, 0.2) is 24.3 Å². The molecule has 1 heterocycles. The standard InChI is InChI=1S/C8H8O2/c1-2-4-7-5-3-6-8(9)10-7/h2-4,6-7H,1H3/b4-2+/t7-/m1/s1. The van der Waals surface area contributed by atoms with E-state index in [1.54, 1.807) is 12.2 Å². The summed E-state index contributed by atoms with van der Waals surface area (Å²) in [5, 5.41) is 0. The minimum atomic E-state index is -0.304. The van der Waals surface area contributed by atoms with Crippen molar-refractivity contribution in [2.45, 2.75) is 13.0 Å². The highest BCUT2D eigenvalue weighted by Gasteiger charge is 2.12. The molecule has 1 aliphatic heterocycles. The van der Waals surface area contributed by atoms with Crippen molar-refractivity contribution in [2.75, 3.05) is 0 Å². The van der Waals surface area contributed by atoms with E-state index >= 15 is 0 Å². The van der Waals surface area contributed by atoms with E-state index in [1.165, 1.54) is 6.08 Å². The number of hydrogen-bond acceptors (Lipinski definition) is 2. The molecule has 2 nitrogen and oxygen atoms in total. The van der Waals surface area contributed by atoms with Crippen molar-refractivity contribution in [3.63, 3.8) is 0 Å². The fourth-order valence-corrected chi connectivity index (χ4v) is 0.679. The maximum atomic E-state index is 10.6. The SMILES string of the molecule is C/C=C/[C@@H]1[C]C=CC(=O)O1. The van der Waals surface area contributed by atoms with Gasteiger partial charge < -0.3 is 4.74 Å². The lowest BCUT2D eigenvalue weighted by Crippen LogP contribution is -2.17. The number of esters is 1. The van der Waals surface area contributed by atoms with E-state index in [2.05, 4.69) is 6.42 Å². The first kappa shape index (κ1) is 7.06. The first-order valence-corrected chi connectivity index (χ1v) is 3.09. The Kier molecular flexibility index (Phi) is 2.26. The van der Waals surface area contributed by atoms with Crippen LogP contribution in [-0.4, -0.2) is 12.1 Å². The van der Waals surface area contributed by atoms with Crippen LogP contribution in [0.2, 0.25) is 0 Å². The zero-order chi connectivity index (χ0) is 7.40. The zero-order valence-electron chi connectivity index (χ0n) is 5.70. The molecular weight excluding hydrogens is 128 g/mol. The van der Waals surface area contributed by atoms with E-state index in [0.717, 1.165) is 0 Å². The molecule has 0 bridgehead atoms. The average Bonchev–Trinajstić information content (AvgIpc) is 1.88. The molecule has 0 amide bonds. The summed E-state index contributed by atoms with van der Waals surface area (Å²) in [6.45, 7) is 1.87. The highest BCUT2D eigenvalue weighted by Crippen LogP contribution is 2.06. The molecule has 0 aromatic carbocycles. The third-order valence-corrected chi connectivity index (χ3v) is 1.09. The van der Waals surface area contributed by atoms with Crippen LogP contribution >= 0.6 is 0 Å². The van der Waals surface area contributed by atoms with E-state index < -0.39 is 0 Å². The lowest BCUT2D eigenvalue weighted by molar-refractivity contribution is -0.140. The molecule has 1 atom stereocenters. The summed E-state index contributed by atoms with van der Waals surface area (Å²) in [5.74, 6) is -0.304. The summed E-state index contributed by atoms with van der Waals surface area (Å²) >= 11 is 0. The number of allylic oxidation sites excluding steroid dienone is 1. The van der Waals surface area contributed by atoms with Crippen LogP contribution in [0.1, 0.15) is 6.92 Å². The second-order valence-corrected chi connectivity index (χ2v) is 1.88. The molecule has 2 heteroatoms. The molecule has 0 aromatic rings. The quantitative estimate of drug-likeness (QED) is 0.399. The van der Waals surface area contributed by atoms with E-state index in [-0.39, 0.29) is 12.1 Å². The normalized spacial score (nSPS) is 25.3. The first-order chi connectivity index (χ1) is 4.83. The molecular formula is C8H8O2. The molecule has 0 fully saturated rings. The summed E-state index contributed by atoms with van der Waals surface area (Å²) in [7, 11) is 0. The highest BCUT2D eigenvalue weighted by atomic mass is 16.5. The molecule has 0 saturated carbocycles. The number of rotatable bonds is 1. The number of ether oxygens (including phenoxy) is 1. The fraction of sp³-hybridized carbons (Fsp3) is 0.250. The van der Waals surface area contributed by atoms with Crippen molar-refractivity contribution in [3.8, 4) is 0 Å². The van der Waals surface area contributed by atoms with Crippen LogP contribution < -0.4 is 0 Å². The monoisotopic (exact) mass is 136 g/mol. The Morgan fingerprint density at radius 1 is 1.80 bits per heavy atom. The number of carbonyl (C=O) groups is 1. The van der Waals surface area contributed by atoms with Crippen molar-refractivity contribution in [1.82, 2.24) is 0 Å². The first-order valence-electron chi connectivity index (χ1n) is 3.09. The largest absolute Gasteiger partial charge is 0.454 e. The van der Waals surface area contributed by atoms with Crippen LogP contribution in [0.5, 0.6) is 0 Å². The molecule has 0 aromatic heterocycles. The van der Waals surface area contributed by atoms with Crippen molar-refractivity contribution < 1.29 is 9.53 Å². The van der Waals surface area contributed by atoms with E-state index in [0.29, 0.717) is 0 Å². The Bertz CT molecular complexity index is 180. The van der Waals surface area contributed by atoms with Crippen molar-refractivity contribution in [2.24, 2.45) is 0 Å². The molecule has 10 heavy (non-hydrogen) atoms. The molecule has 0 spiro atoms. The van der Waals surface area contributed by atoms with Gasteiger partial charge in [0.25, 0.3) is 0 Å². The summed E-state index contributed by atoms with van der Waals surface area (Å²) in [6, 6.07) is 0. The highest BCUT2D eigenvalue weighted by molar-refractivity contribution is 5.83. The van der Waals surface area contributed by atoms with E-state index in [9.17, 15) is 4.79 Å². The Labute approximate surface area is 60.2 Å².